The summed E-state index contributed by atoms with van der Waals surface area (Å²) < 4.78 is 0.796. The number of benzene rings is 1. The predicted molar refractivity (Wildman–Crippen MR) is 53.0 cm³/mol. The number of hydrogen-bond acceptors (Lipinski definition) is 4. The van der Waals surface area contributed by atoms with Crippen molar-refractivity contribution in [2.24, 2.45) is 0 Å². The Balaban J connectivity index is 2.76. The lowest BCUT2D eigenvalue weighted by Gasteiger charge is -1.97. The van der Waals surface area contributed by atoms with Gasteiger partial charge in [0.2, 0.25) is 0 Å². The molecule has 2 rings (SSSR count). The number of carboxylic acids is 1. The second kappa shape index (κ2) is 2.95. The number of fused-ring (bicyclic) bond motifs is 1. The van der Waals surface area contributed by atoms with Crippen molar-refractivity contribution in [2.45, 2.75) is 6.92 Å². The van der Waals surface area contributed by atoms with Crippen LogP contribution in [0.5, 0.6) is 5.75 Å². The topological polar surface area (TPSA) is 70.4 Å². The molecule has 0 atom stereocenters. The molecule has 14 heavy (non-hydrogen) atoms. The van der Waals surface area contributed by atoms with Crippen LogP contribution in [0.4, 0.5) is 0 Å². The van der Waals surface area contributed by atoms with Gasteiger partial charge in [-0.2, -0.15) is 0 Å². The quantitative estimate of drug-likeness (QED) is 0.753. The number of aromatic carboxylic acids is 1. The van der Waals surface area contributed by atoms with E-state index in [0.717, 1.165) is 9.71 Å². The van der Waals surface area contributed by atoms with Crippen molar-refractivity contribution in [1.82, 2.24) is 4.98 Å². The molecule has 72 valence electrons. The summed E-state index contributed by atoms with van der Waals surface area (Å²) in [6.07, 6.45) is 0. The molecule has 5 heteroatoms. The van der Waals surface area contributed by atoms with Crippen molar-refractivity contribution < 1.29 is 15.0 Å². The van der Waals surface area contributed by atoms with Gasteiger partial charge in [-0.05, 0) is 13.0 Å². The summed E-state index contributed by atoms with van der Waals surface area (Å²) in [4.78, 5) is 14.8. The summed E-state index contributed by atoms with van der Waals surface area (Å²) >= 11 is 1.42. The number of carboxylic acid groups (broad SMARTS) is 1. The Hall–Kier alpha value is -1.62. The molecule has 0 saturated heterocycles. The molecule has 0 radical (unpaired) electrons. The minimum absolute atomic E-state index is 0.109. The van der Waals surface area contributed by atoms with E-state index in [2.05, 4.69) is 4.98 Å². The Bertz CT molecular complexity index is 518. The molecule has 2 aromatic rings. The second-order valence-electron chi connectivity index (χ2n) is 2.88. The van der Waals surface area contributed by atoms with Crippen LogP contribution in [0.3, 0.4) is 0 Å². The number of carbonyl (C=O) groups is 1. The molecule has 0 spiro atoms. The van der Waals surface area contributed by atoms with Gasteiger partial charge in [0.05, 0.1) is 15.2 Å². The lowest BCUT2D eigenvalue weighted by Crippen LogP contribution is -1.96. The van der Waals surface area contributed by atoms with Gasteiger partial charge in [-0.1, -0.05) is 0 Å². The molecule has 0 aliphatic carbocycles. The average Bonchev–Trinajstić information content (AvgIpc) is 2.42. The maximum Gasteiger partial charge on any atom is 0.339 e. The highest BCUT2D eigenvalue weighted by Crippen LogP contribution is 2.28. The van der Waals surface area contributed by atoms with Crippen molar-refractivity contribution >= 4 is 27.5 Å². The van der Waals surface area contributed by atoms with Crippen LogP contribution in [0.15, 0.2) is 12.1 Å². The van der Waals surface area contributed by atoms with Crippen LogP contribution in [-0.2, 0) is 0 Å². The van der Waals surface area contributed by atoms with Gasteiger partial charge in [0.1, 0.15) is 11.3 Å². The first kappa shape index (κ1) is 8.96. The molecule has 1 heterocycles. The number of phenols is 1. The van der Waals surface area contributed by atoms with Crippen LogP contribution >= 0.6 is 11.3 Å². The first-order valence-electron chi connectivity index (χ1n) is 3.91. The van der Waals surface area contributed by atoms with Crippen molar-refractivity contribution in [2.75, 3.05) is 0 Å². The maximum absolute atomic E-state index is 10.7. The third-order valence-corrected chi connectivity index (χ3v) is 2.78. The minimum Gasteiger partial charge on any atom is -0.507 e. The molecule has 0 saturated carbocycles. The Morgan fingerprint density at radius 1 is 1.50 bits per heavy atom. The third-order valence-electron chi connectivity index (χ3n) is 1.84. The van der Waals surface area contributed by atoms with Gasteiger partial charge in [-0.3, -0.25) is 0 Å². The number of aryl methyl sites for hydroxylation is 1. The van der Waals surface area contributed by atoms with Crippen LogP contribution in [-0.4, -0.2) is 21.2 Å². The maximum atomic E-state index is 10.7. The summed E-state index contributed by atoms with van der Waals surface area (Å²) in [5.41, 5.74) is 0.505. The van der Waals surface area contributed by atoms with Crippen molar-refractivity contribution in [3.05, 3.63) is 22.7 Å². The van der Waals surface area contributed by atoms with Crippen LogP contribution in [0.25, 0.3) is 10.2 Å². The number of aromatic hydroxyl groups is 1. The summed E-state index contributed by atoms with van der Waals surface area (Å²) in [5, 5.41) is 19.0. The van der Waals surface area contributed by atoms with Gasteiger partial charge < -0.3 is 10.2 Å². The minimum atomic E-state index is -1.14. The molecule has 0 unspecified atom stereocenters. The number of rotatable bonds is 1. The van der Waals surface area contributed by atoms with Crippen LogP contribution < -0.4 is 0 Å². The van der Waals surface area contributed by atoms with E-state index in [0.29, 0.717) is 5.52 Å². The van der Waals surface area contributed by atoms with E-state index in [1.165, 1.54) is 23.5 Å². The molecule has 1 aromatic carbocycles. The zero-order chi connectivity index (χ0) is 10.3. The third kappa shape index (κ3) is 1.31. The van der Waals surface area contributed by atoms with Crippen molar-refractivity contribution in [3.63, 3.8) is 0 Å². The summed E-state index contributed by atoms with van der Waals surface area (Å²) in [5.74, 6) is -1.36. The van der Waals surface area contributed by atoms with Crippen molar-refractivity contribution in [1.29, 1.82) is 0 Å². The molecule has 1 aromatic heterocycles. The standard InChI is InChI=1S/C9H7NO3S/c1-4-10-6-2-5(9(12)13)7(11)3-8(6)14-4/h2-3,11H,1H3,(H,12,13). The highest BCUT2D eigenvalue weighted by Gasteiger charge is 2.12. The van der Waals surface area contributed by atoms with Gasteiger partial charge in [-0.25, -0.2) is 9.78 Å². The highest BCUT2D eigenvalue weighted by atomic mass is 32.1. The van der Waals surface area contributed by atoms with E-state index in [1.54, 1.807) is 0 Å². The normalized spacial score (nSPS) is 10.6. The largest absolute Gasteiger partial charge is 0.507 e. The highest BCUT2D eigenvalue weighted by molar-refractivity contribution is 7.18. The molecule has 2 N–H and O–H groups in total. The van der Waals surface area contributed by atoms with E-state index >= 15 is 0 Å². The Kier molecular flexibility index (Phi) is 1.89. The number of aromatic nitrogens is 1. The first-order chi connectivity index (χ1) is 6.58. The second-order valence-corrected chi connectivity index (χ2v) is 4.11. The number of hydrogen-bond donors (Lipinski definition) is 2. The van der Waals surface area contributed by atoms with Gasteiger partial charge in [-0.15, -0.1) is 11.3 Å². The van der Waals surface area contributed by atoms with E-state index in [-0.39, 0.29) is 11.3 Å². The van der Waals surface area contributed by atoms with E-state index in [9.17, 15) is 9.90 Å². The number of thiazole rings is 1. The summed E-state index contributed by atoms with van der Waals surface area (Å²) in [7, 11) is 0. The summed E-state index contributed by atoms with van der Waals surface area (Å²) in [6.45, 7) is 1.84. The van der Waals surface area contributed by atoms with Gasteiger partial charge in [0.15, 0.2) is 0 Å². The van der Waals surface area contributed by atoms with Gasteiger partial charge in [0.25, 0.3) is 0 Å². The van der Waals surface area contributed by atoms with E-state index in [1.807, 2.05) is 6.92 Å². The zero-order valence-corrected chi connectivity index (χ0v) is 8.13. The van der Waals surface area contributed by atoms with Gasteiger partial charge >= 0.3 is 5.97 Å². The molecule has 4 nitrogen and oxygen atoms in total. The Labute approximate surface area is 83.5 Å². The lowest BCUT2D eigenvalue weighted by molar-refractivity contribution is 0.0694. The van der Waals surface area contributed by atoms with Crippen LogP contribution in [0.2, 0.25) is 0 Å². The predicted octanol–water partition coefficient (Wildman–Crippen LogP) is 2.01. The monoisotopic (exact) mass is 209 g/mol. The molecule has 0 aliphatic rings. The Morgan fingerprint density at radius 2 is 2.21 bits per heavy atom. The van der Waals surface area contributed by atoms with Crippen LogP contribution in [0.1, 0.15) is 15.4 Å². The molecule has 0 fully saturated rings. The van der Waals surface area contributed by atoms with E-state index in [4.69, 9.17) is 5.11 Å². The molecule has 0 amide bonds. The fourth-order valence-electron chi connectivity index (χ4n) is 1.25. The fourth-order valence-corrected chi connectivity index (χ4v) is 2.09. The summed E-state index contributed by atoms with van der Waals surface area (Å²) in [6, 6.07) is 2.82. The average molecular weight is 209 g/mol. The van der Waals surface area contributed by atoms with E-state index < -0.39 is 5.97 Å². The van der Waals surface area contributed by atoms with Crippen LogP contribution in [0, 0.1) is 6.92 Å². The number of nitrogens with zero attached hydrogens (tertiary/aromatic N) is 1. The smallest absolute Gasteiger partial charge is 0.339 e. The fraction of sp³-hybridized carbons (Fsp3) is 0.111. The Morgan fingerprint density at radius 3 is 2.86 bits per heavy atom. The lowest BCUT2D eigenvalue weighted by atomic mass is 10.2. The first-order valence-corrected chi connectivity index (χ1v) is 4.73. The molecule has 0 aliphatic heterocycles. The van der Waals surface area contributed by atoms with Crippen molar-refractivity contribution in [3.8, 4) is 5.75 Å². The molecular weight excluding hydrogens is 202 g/mol. The molecule has 0 bridgehead atoms. The zero-order valence-electron chi connectivity index (χ0n) is 7.31. The molecular formula is C9H7NO3S. The SMILES string of the molecule is Cc1nc2cc(C(=O)O)c(O)cc2s1. The van der Waals surface area contributed by atoms with Gasteiger partial charge in [0, 0.05) is 6.07 Å².